The van der Waals surface area contributed by atoms with Gasteiger partial charge in [-0.15, -0.1) is 11.3 Å². The van der Waals surface area contributed by atoms with Gasteiger partial charge >= 0.3 is 12.1 Å². The summed E-state index contributed by atoms with van der Waals surface area (Å²) in [5.74, 6) is -0.435. The fourth-order valence-corrected chi connectivity index (χ4v) is 6.62. The van der Waals surface area contributed by atoms with Crippen LogP contribution in [0, 0.1) is 0 Å². The summed E-state index contributed by atoms with van der Waals surface area (Å²) in [6.07, 6.45) is -4.20. The number of aromatic nitrogens is 2. The Kier molecular flexibility index (Phi) is 12.3. The lowest BCUT2D eigenvalue weighted by Gasteiger charge is -2.22. The molecule has 0 aliphatic rings. The van der Waals surface area contributed by atoms with Crippen LogP contribution in [0.15, 0.2) is 58.8 Å². The van der Waals surface area contributed by atoms with Gasteiger partial charge in [-0.1, -0.05) is 41.9 Å². The molecule has 1 unspecified atom stereocenters. The first-order valence-electron chi connectivity index (χ1n) is 14.0. The van der Waals surface area contributed by atoms with Crippen molar-refractivity contribution >= 4 is 61.6 Å². The molecule has 2 aromatic carbocycles. The van der Waals surface area contributed by atoms with Crippen LogP contribution in [0.2, 0.25) is 4.34 Å². The average molecular weight is 718 g/mol. The molecule has 0 aliphatic carbocycles. The van der Waals surface area contributed by atoms with E-state index in [1.807, 2.05) is 30.3 Å². The first-order chi connectivity index (χ1) is 21.8. The minimum atomic E-state index is -4.00. The fraction of sp³-hybridized carbons (Fsp3) is 0.367. The highest BCUT2D eigenvalue weighted by Gasteiger charge is 2.25. The monoisotopic (exact) mass is 717 g/mol. The van der Waals surface area contributed by atoms with Crippen molar-refractivity contribution in [2.75, 3.05) is 11.8 Å². The van der Waals surface area contributed by atoms with E-state index in [2.05, 4.69) is 15.1 Å². The lowest BCUT2D eigenvalue weighted by Crippen LogP contribution is -2.41. The maximum atomic E-state index is 13.0. The molecule has 2 heterocycles. The Morgan fingerprint density at radius 2 is 1.70 bits per heavy atom. The van der Waals surface area contributed by atoms with E-state index in [0.29, 0.717) is 27.5 Å². The molecule has 1 atom stereocenters. The highest BCUT2D eigenvalue weighted by Crippen LogP contribution is 2.35. The van der Waals surface area contributed by atoms with E-state index >= 15 is 0 Å². The molecule has 2 aromatic heterocycles. The predicted molar refractivity (Wildman–Crippen MR) is 174 cm³/mol. The van der Waals surface area contributed by atoms with E-state index in [-0.39, 0.29) is 35.8 Å². The number of nitrogens with zero attached hydrogens (tertiary/aromatic N) is 2. The van der Waals surface area contributed by atoms with Gasteiger partial charge in [0.15, 0.2) is 5.82 Å². The topological polar surface area (TPSA) is 155 Å². The number of ether oxygens (including phenoxy) is 2. The predicted octanol–water partition coefficient (Wildman–Crippen LogP) is 5.85. The molecule has 4 N–H and O–H groups in total. The summed E-state index contributed by atoms with van der Waals surface area (Å²) in [5.41, 5.74) is 7.48. The van der Waals surface area contributed by atoms with E-state index < -0.39 is 33.8 Å². The third-order valence-electron chi connectivity index (χ3n) is 5.93. The number of carbonyl (C=O) groups is 2. The Balaban J connectivity index is 0.00000111. The molecule has 11 nitrogen and oxygen atoms in total. The average Bonchev–Trinajstić information content (AvgIpc) is 3.54. The van der Waals surface area contributed by atoms with E-state index in [9.17, 15) is 31.2 Å². The molecule has 256 valence electrons. The Morgan fingerprint density at radius 3 is 2.30 bits per heavy atom. The van der Waals surface area contributed by atoms with Crippen molar-refractivity contribution in [2.45, 2.75) is 69.2 Å². The zero-order chi connectivity index (χ0) is 35.2. The first-order valence-corrected chi connectivity index (χ1v) is 16.6. The molecule has 17 heteroatoms. The molecule has 0 aliphatic heterocycles. The molecule has 0 radical (unpaired) electrons. The third-order valence-corrected chi connectivity index (χ3v) is 8.99. The number of nitrogens with one attached hydrogen (secondary N) is 2. The van der Waals surface area contributed by atoms with Crippen molar-refractivity contribution in [1.82, 2.24) is 15.1 Å². The van der Waals surface area contributed by atoms with Gasteiger partial charge in [-0.3, -0.25) is 19.0 Å². The summed E-state index contributed by atoms with van der Waals surface area (Å²) >= 11 is 6.90. The SMILES string of the molecule is CC(F)(F)F.COc1cccc2c1c(NS(=O)(=O)c1ccc(Cl)s1)nn2Cc1cccc(CNC(=O)CC(N)C(=O)OC(C)(C)C)c1. The number of fused-ring (bicyclic) bond motifs is 1. The Labute approximate surface area is 279 Å². The summed E-state index contributed by atoms with van der Waals surface area (Å²) in [6.45, 7) is 5.90. The number of hydrogen-bond acceptors (Lipinski definition) is 9. The van der Waals surface area contributed by atoms with Gasteiger partial charge in [0.2, 0.25) is 5.91 Å². The Morgan fingerprint density at radius 1 is 1.06 bits per heavy atom. The number of halogens is 4. The summed E-state index contributed by atoms with van der Waals surface area (Å²) in [6, 6.07) is 14.7. The summed E-state index contributed by atoms with van der Waals surface area (Å²) < 4.78 is 72.6. The third kappa shape index (κ3) is 11.7. The molecule has 1 amide bonds. The van der Waals surface area contributed by atoms with Crippen molar-refractivity contribution in [3.63, 3.8) is 0 Å². The lowest BCUT2D eigenvalue weighted by atomic mass is 10.1. The van der Waals surface area contributed by atoms with E-state index in [4.69, 9.17) is 26.8 Å². The van der Waals surface area contributed by atoms with Crippen LogP contribution < -0.4 is 20.5 Å². The molecule has 4 aromatic rings. The molecule has 4 rings (SSSR count). The quantitative estimate of drug-likeness (QED) is 0.163. The number of alkyl halides is 3. The Hall–Kier alpha value is -3.86. The molecule has 0 bridgehead atoms. The summed E-state index contributed by atoms with van der Waals surface area (Å²) in [5, 5.41) is 7.87. The van der Waals surface area contributed by atoms with Crippen molar-refractivity contribution < 1.29 is 40.7 Å². The molecule has 0 fully saturated rings. The number of esters is 1. The number of rotatable bonds is 11. The van der Waals surface area contributed by atoms with Gasteiger partial charge < -0.3 is 20.5 Å². The number of sulfonamides is 1. The zero-order valence-corrected chi connectivity index (χ0v) is 28.5. The van der Waals surface area contributed by atoms with E-state index in [1.54, 1.807) is 37.6 Å². The number of thiophene rings is 1. The molecular formula is C30H35ClF3N5O6S2. The number of benzene rings is 2. The molecule has 0 saturated carbocycles. The standard InChI is InChI=1S/C28H32ClN5O6S2.C2H3F3/c1-28(2,3)40-27(36)19(30)14-23(35)31-15-17-7-5-8-18(13-17)16-34-20-9-6-10-21(39-4)25(20)26(32-34)33-42(37,38)24-12-11-22(29)41-24;1-2(3,4)5/h5-13,19H,14-16,30H2,1-4H3,(H,31,35)(H,32,33);1H3. The Bertz CT molecular complexity index is 1810. The van der Waals surface area contributed by atoms with Gasteiger partial charge in [-0.2, -0.15) is 18.3 Å². The van der Waals surface area contributed by atoms with E-state index in [1.165, 1.54) is 19.2 Å². The maximum Gasteiger partial charge on any atom is 0.386 e. The highest BCUT2D eigenvalue weighted by molar-refractivity contribution is 7.94. The van der Waals surface area contributed by atoms with Crippen LogP contribution >= 0.6 is 22.9 Å². The van der Waals surface area contributed by atoms with Gasteiger partial charge in [0.1, 0.15) is 21.6 Å². The minimum absolute atomic E-state index is 0.0619. The lowest BCUT2D eigenvalue weighted by molar-refractivity contribution is -0.157. The van der Waals surface area contributed by atoms with Gasteiger partial charge in [0.05, 0.1) is 35.3 Å². The second-order valence-corrected chi connectivity index (χ2v) is 14.9. The van der Waals surface area contributed by atoms with Crippen LogP contribution in [-0.4, -0.2) is 55.0 Å². The largest absolute Gasteiger partial charge is 0.496 e. The highest BCUT2D eigenvalue weighted by atomic mass is 35.5. The summed E-state index contributed by atoms with van der Waals surface area (Å²) in [7, 11) is -2.44. The second kappa shape index (κ2) is 15.4. The van der Waals surface area contributed by atoms with E-state index in [0.717, 1.165) is 22.5 Å². The first kappa shape index (κ1) is 37.6. The van der Waals surface area contributed by atoms with Crippen LogP contribution in [-0.2, 0) is 37.4 Å². The smallest absolute Gasteiger partial charge is 0.386 e. The van der Waals surface area contributed by atoms with Crippen LogP contribution in [0.3, 0.4) is 0 Å². The second-order valence-electron chi connectivity index (χ2n) is 11.2. The van der Waals surface area contributed by atoms with Crippen molar-refractivity contribution in [1.29, 1.82) is 0 Å². The number of nitrogens with two attached hydrogens (primary N) is 1. The van der Waals surface area contributed by atoms with Crippen LogP contribution in [0.25, 0.3) is 10.9 Å². The van der Waals surface area contributed by atoms with Crippen molar-refractivity contribution in [2.24, 2.45) is 5.73 Å². The number of anilines is 1. The van der Waals surface area contributed by atoms with Gasteiger partial charge in [0, 0.05) is 13.5 Å². The summed E-state index contributed by atoms with van der Waals surface area (Å²) in [4.78, 5) is 24.5. The normalized spacial score (nSPS) is 12.6. The van der Waals surface area contributed by atoms with Crippen molar-refractivity contribution in [3.8, 4) is 5.75 Å². The van der Waals surface area contributed by atoms with Gasteiger partial charge in [-0.25, -0.2) is 8.42 Å². The zero-order valence-electron chi connectivity index (χ0n) is 26.1. The molecule has 0 spiro atoms. The maximum absolute atomic E-state index is 13.0. The van der Waals surface area contributed by atoms with Gasteiger partial charge in [-0.05, 0) is 56.2 Å². The van der Waals surface area contributed by atoms with Crippen LogP contribution in [0.4, 0.5) is 19.0 Å². The van der Waals surface area contributed by atoms with Crippen LogP contribution in [0.5, 0.6) is 5.75 Å². The molecule has 0 saturated heterocycles. The van der Waals surface area contributed by atoms with Crippen LogP contribution in [0.1, 0.15) is 45.2 Å². The van der Waals surface area contributed by atoms with Gasteiger partial charge in [0.25, 0.3) is 10.0 Å². The fourth-order valence-electron chi connectivity index (χ4n) is 4.12. The number of amides is 1. The molecular weight excluding hydrogens is 683 g/mol. The van der Waals surface area contributed by atoms with Crippen molar-refractivity contribution in [3.05, 3.63) is 70.1 Å². The number of methoxy groups -OCH3 is 1. The number of hydrogen-bond donors (Lipinski definition) is 3. The number of carbonyl (C=O) groups excluding carboxylic acids is 2. The minimum Gasteiger partial charge on any atom is -0.496 e. The molecule has 47 heavy (non-hydrogen) atoms.